The van der Waals surface area contributed by atoms with E-state index in [-0.39, 0.29) is 0 Å². The number of hydrogen-bond donors (Lipinski definition) is 1. The monoisotopic (exact) mass is 407 g/mol. The first-order valence-electron chi connectivity index (χ1n) is 7.29. The molecule has 1 aromatic rings. The number of hydrogen-bond acceptors (Lipinski definition) is 3. The molecule has 3 rings (SSSR count). The van der Waals surface area contributed by atoms with E-state index in [9.17, 15) is 0 Å². The van der Waals surface area contributed by atoms with E-state index in [1.54, 1.807) is 10.4 Å². The average Bonchev–Trinajstić information content (AvgIpc) is 3.02. The largest absolute Gasteiger partial charge is 0.309 e. The normalized spacial score (nSPS) is 25.5. The molecule has 1 aromatic heterocycles. The topological polar surface area (TPSA) is 12.0 Å². The van der Waals surface area contributed by atoms with Gasteiger partial charge >= 0.3 is 0 Å². The minimum absolute atomic E-state index is 0.529. The van der Waals surface area contributed by atoms with Crippen molar-refractivity contribution in [3.63, 3.8) is 0 Å². The first kappa shape index (κ1) is 14.7. The Labute approximate surface area is 138 Å². The van der Waals surface area contributed by atoms with Crippen LogP contribution in [0.3, 0.4) is 0 Å². The summed E-state index contributed by atoms with van der Waals surface area (Å²) in [7, 11) is 0. The molecule has 1 N–H and O–H groups in total. The summed E-state index contributed by atoms with van der Waals surface area (Å²) in [5, 5.41) is 3.91. The number of nitrogens with one attached hydrogen (secondary N) is 1. The minimum atomic E-state index is 0.529. The zero-order valence-corrected chi connectivity index (χ0v) is 15.3. The van der Waals surface area contributed by atoms with Crippen molar-refractivity contribution in [2.45, 2.75) is 55.7 Å². The number of halogens is 1. The van der Waals surface area contributed by atoms with E-state index in [4.69, 9.17) is 0 Å². The highest BCUT2D eigenvalue weighted by atomic mass is 127. The van der Waals surface area contributed by atoms with Gasteiger partial charge in [0, 0.05) is 22.2 Å². The van der Waals surface area contributed by atoms with Gasteiger partial charge in [-0.05, 0) is 72.6 Å². The van der Waals surface area contributed by atoms with Crippen LogP contribution in [0.2, 0.25) is 0 Å². The van der Waals surface area contributed by atoms with Crippen molar-refractivity contribution in [1.29, 1.82) is 0 Å². The van der Waals surface area contributed by atoms with Crippen molar-refractivity contribution in [2.24, 2.45) is 0 Å². The summed E-state index contributed by atoms with van der Waals surface area (Å²) in [5.41, 5.74) is 1.61. The van der Waals surface area contributed by atoms with Gasteiger partial charge in [-0.25, -0.2) is 0 Å². The fourth-order valence-corrected chi connectivity index (χ4v) is 6.56. The molecule has 0 saturated heterocycles. The Hall–Kier alpha value is 0.740. The molecule has 1 atom stereocenters. The second kappa shape index (κ2) is 6.24. The molecule has 1 saturated carbocycles. The van der Waals surface area contributed by atoms with Crippen LogP contribution in [0.1, 0.15) is 55.0 Å². The standard InChI is InChI=1S/C15H22INS2/c1-18-15(7-2-3-8-15)10-17-12-5-4-6-13-11(12)9-14(16)19-13/h9,12,17H,2-8,10H2,1H3. The lowest BCUT2D eigenvalue weighted by molar-refractivity contribution is 0.426. The van der Waals surface area contributed by atoms with Gasteiger partial charge < -0.3 is 5.32 Å². The molecule has 2 aliphatic rings. The molecule has 1 nitrogen and oxygen atoms in total. The molecule has 19 heavy (non-hydrogen) atoms. The van der Waals surface area contributed by atoms with Crippen molar-refractivity contribution in [2.75, 3.05) is 12.8 Å². The first-order valence-corrected chi connectivity index (χ1v) is 10.4. The van der Waals surface area contributed by atoms with Crippen molar-refractivity contribution >= 4 is 45.7 Å². The molecule has 106 valence electrons. The quantitative estimate of drug-likeness (QED) is 0.706. The van der Waals surface area contributed by atoms with Gasteiger partial charge in [-0.15, -0.1) is 11.3 Å². The second-order valence-electron chi connectivity index (χ2n) is 5.85. The maximum absolute atomic E-state index is 3.91. The first-order chi connectivity index (χ1) is 9.22. The Kier molecular flexibility index (Phi) is 4.82. The van der Waals surface area contributed by atoms with Crippen LogP contribution in [-0.2, 0) is 6.42 Å². The van der Waals surface area contributed by atoms with Gasteiger partial charge in [0.25, 0.3) is 0 Å². The molecule has 2 aliphatic carbocycles. The van der Waals surface area contributed by atoms with Crippen LogP contribution < -0.4 is 5.32 Å². The Morgan fingerprint density at radius 1 is 1.42 bits per heavy atom. The van der Waals surface area contributed by atoms with Gasteiger partial charge in [0.2, 0.25) is 0 Å². The molecule has 1 fully saturated rings. The predicted octanol–water partition coefficient (Wildman–Crippen LogP) is 5.00. The number of aryl methyl sites for hydroxylation is 1. The van der Waals surface area contributed by atoms with Gasteiger partial charge in [-0.2, -0.15) is 11.8 Å². The number of rotatable bonds is 4. The molecule has 0 aromatic carbocycles. The van der Waals surface area contributed by atoms with Gasteiger partial charge in [0.15, 0.2) is 0 Å². The molecule has 1 heterocycles. The summed E-state index contributed by atoms with van der Waals surface area (Å²) in [4.78, 5) is 1.64. The molecule has 0 radical (unpaired) electrons. The SMILES string of the molecule is CSC1(CNC2CCCc3sc(I)cc32)CCCC1. The highest BCUT2D eigenvalue weighted by molar-refractivity contribution is 14.1. The van der Waals surface area contributed by atoms with E-state index < -0.39 is 0 Å². The van der Waals surface area contributed by atoms with Crippen LogP contribution in [-0.4, -0.2) is 17.5 Å². The van der Waals surface area contributed by atoms with Crippen molar-refractivity contribution < 1.29 is 0 Å². The van der Waals surface area contributed by atoms with Crippen LogP contribution in [0.5, 0.6) is 0 Å². The molecular weight excluding hydrogens is 385 g/mol. The molecule has 0 bridgehead atoms. The molecule has 4 heteroatoms. The Morgan fingerprint density at radius 3 is 2.95 bits per heavy atom. The fourth-order valence-electron chi connectivity index (χ4n) is 3.52. The lowest BCUT2D eigenvalue weighted by Gasteiger charge is -2.31. The fraction of sp³-hybridized carbons (Fsp3) is 0.733. The van der Waals surface area contributed by atoms with Crippen LogP contribution in [0.25, 0.3) is 0 Å². The second-order valence-corrected chi connectivity index (χ2v) is 10.2. The highest BCUT2D eigenvalue weighted by Gasteiger charge is 2.34. The van der Waals surface area contributed by atoms with E-state index in [1.165, 1.54) is 54.4 Å². The summed E-state index contributed by atoms with van der Waals surface area (Å²) in [6, 6.07) is 3.03. The molecule has 0 amide bonds. The van der Waals surface area contributed by atoms with Crippen molar-refractivity contribution in [3.05, 3.63) is 19.4 Å². The van der Waals surface area contributed by atoms with E-state index in [2.05, 4.69) is 52.0 Å². The van der Waals surface area contributed by atoms with E-state index in [0.717, 1.165) is 0 Å². The lowest BCUT2D eigenvalue weighted by Crippen LogP contribution is -2.37. The zero-order valence-electron chi connectivity index (χ0n) is 11.5. The highest BCUT2D eigenvalue weighted by Crippen LogP contribution is 2.41. The predicted molar refractivity (Wildman–Crippen MR) is 95.4 cm³/mol. The maximum Gasteiger partial charge on any atom is 0.0659 e. The third-order valence-corrected chi connectivity index (χ3v) is 8.09. The molecule has 0 aliphatic heterocycles. The van der Waals surface area contributed by atoms with E-state index in [1.807, 2.05) is 11.3 Å². The van der Waals surface area contributed by atoms with Crippen LogP contribution in [0.15, 0.2) is 6.07 Å². The minimum Gasteiger partial charge on any atom is -0.309 e. The summed E-state index contributed by atoms with van der Waals surface area (Å²) in [6.45, 7) is 1.20. The number of fused-ring (bicyclic) bond motifs is 1. The van der Waals surface area contributed by atoms with Crippen LogP contribution in [0, 0.1) is 2.88 Å². The van der Waals surface area contributed by atoms with Crippen LogP contribution in [0.4, 0.5) is 0 Å². The lowest BCUT2D eigenvalue weighted by atomic mass is 9.93. The Balaban J connectivity index is 1.67. The van der Waals surface area contributed by atoms with Crippen molar-refractivity contribution in [1.82, 2.24) is 5.32 Å². The van der Waals surface area contributed by atoms with Gasteiger partial charge in [-0.1, -0.05) is 12.8 Å². The summed E-state index contributed by atoms with van der Waals surface area (Å²) in [5.74, 6) is 0. The third-order valence-electron chi connectivity index (χ3n) is 4.70. The molecule has 0 spiro atoms. The van der Waals surface area contributed by atoms with E-state index >= 15 is 0 Å². The number of thioether (sulfide) groups is 1. The van der Waals surface area contributed by atoms with Gasteiger partial charge in [0.05, 0.1) is 2.88 Å². The smallest absolute Gasteiger partial charge is 0.0659 e. The molecule has 1 unspecified atom stereocenters. The average molecular weight is 407 g/mol. The van der Waals surface area contributed by atoms with Crippen molar-refractivity contribution in [3.8, 4) is 0 Å². The van der Waals surface area contributed by atoms with Gasteiger partial charge in [-0.3, -0.25) is 0 Å². The summed E-state index contributed by atoms with van der Waals surface area (Å²) < 4.78 is 1.98. The number of thiophene rings is 1. The zero-order chi connectivity index (χ0) is 13.3. The van der Waals surface area contributed by atoms with Gasteiger partial charge in [0.1, 0.15) is 0 Å². The van der Waals surface area contributed by atoms with Crippen LogP contribution >= 0.6 is 45.7 Å². The maximum atomic E-state index is 3.91. The third kappa shape index (κ3) is 3.16. The Bertz CT molecular complexity index is 437. The molecular formula is C15H22INS2. The van der Waals surface area contributed by atoms with E-state index in [0.29, 0.717) is 10.8 Å². The summed E-state index contributed by atoms with van der Waals surface area (Å²) >= 11 is 6.57. The Morgan fingerprint density at radius 2 is 2.21 bits per heavy atom. The summed E-state index contributed by atoms with van der Waals surface area (Å²) in [6.07, 6.45) is 11.9.